The Labute approximate surface area is 108 Å². The molecule has 0 radical (unpaired) electrons. The summed E-state index contributed by atoms with van der Waals surface area (Å²) in [6.45, 7) is 1.91. The molecule has 2 atom stereocenters. The third-order valence-electron chi connectivity index (χ3n) is 3.87. The minimum absolute atomic E-state index is 0.181. The number of aliphatic carboxylic acids is 1. The summed E-state index contributed by atoms with van der Waals surface area (Å²) in [6, 6.07) is 9.94. The smallest absolute Gasteiger partial charge is 0.320 e. The highest BCUT2D eigenvalue weighted by atomic mass is 16.4. The molecular formula is C15H21NO2. The molecule has 0 spiro atoms. The standard InChI is InChI=1S/C15H21NO2/c1-2-13(15(17)18)16-14(12-9-6-10-12)11-7-4-3-5-8-11/h3-5,7-8,12-14,16H,2,6,9-10H2,1H3,(H,17,18)/t13-,14-/m0/s1. The first kappa shape index (κ1) is 13.1. The van der Waals surface area contributed by atoms with E-state index in [4.69, 9.17) is 0 Å². The highest BCUT2D eigenvalue weighted by molar-refractivity contribution is 5.73. The van der Waals surface area contributed by atoms with E-state index in [1.54, 1.807) is 0 Å². The summed E-state index contributed by atoms with van der Waals surface area (Å²) < 4.78 is 0. The van der Waals surface area contributed by atoms with Crippen molar-refractivity contribution in [3.63, 3.8) is 0 Å². The molecular weight excluding hydrogens is 226 g/mol. The van der Waals surface area contributed by atoms with Gasteiger partial charge in [-0.3, -0.25) is 10.1 Å². The van der Waals surface area contributed by atoms with E-state index >= 15 is 0 Å². The lowest BCUT2D eigenvalue weighted by Crippen LogP contribution is -2.42. The molecule has 1 aliphatic rings. The highest BCUT2D eigenvalue weighted by Gasteiger charge is 2.31. The van der Waals surface area contributed by atoms with Gasteiger partial charge in [-0.05, 0) is 30.7 Å². The van der Waals surface area contributed by atoms with Gasteiger partial charge in [0.25, 0.3) is 0 Å². The normalized spacial score (nSPS) is 18.9. The van der Waals surface area contributed by atoms with Crippen molar-refractivity contribution in [1.82, 2.24) is 5.32 Å². The molecule has 0 unspecified atom stereocenters. The summed E-state index contributed by atoms with van der Waals surface area (Å²) >= 11 is 0. The number of carboxylic acid groups (broad SMARTS) is 1. The quantitative estimate of drug-likeness (QED) is 0.812. The zero-order valence-electron chi connectivity index (χ0n) is 10.8. The van der Waals surface area contributed by atoms with Gasteiger partial charge in [0.1, 0.15) is 6.04 Å². The molecule has 0 amide bonds. The second-order valence-electron chi connectivity index (χ2n) is 5.05. The number of rotatable bonds is 6. The van der Waals surface area contributed by atoms with Crippen LogP contribution in [-0.4, -0.2) is 17.1 Å². The van der Waals surface area contributed by atoms with Gasteiger partial charge in [-0.1, -0.05) is 43.7 Å². The first-order valence-electron chi connectivity index (χ1n) is 6.76. The lowest BCUT2D eigenvalue weighted by molar-refractivity contribution is -0.140. The summed E-state index contributed by atoms with van der Waals surface area (Å²) in [5.41, 5.74) is 1.21. The van der Waals surface area contributed by atoms with Crippen molar-refractivity contribution >= 4 is 5.97 Å². The fourth-order valence-electron chi connectivity index (χ4n) is 2.52. The van der Waals surface area contributed by atoms with E-state index in [1.165, 1.54) is 24.8 Å². The maximum absolute atomic E-state index is 11.2. The molecule has 2 N–H and O–H groups in total. The molecule has 1 aliphatic carbocycles. The summed E-state index contributed by atoms with van der Waals surface area (Å²) in [7, 11) is 0. The summed E-state index contributed by atoms with van der Waals surface area (Å²) in [6.07, 6.45) is 4.27. The van der Waals surface area contributed by atoms with Crippen molar-refractivity contribution < 1.29 is 9.90 Å². The monoisotopic (exact) mass is 247 g/mol. The van der Waals surface area contributed by atoms with Crippen LogP contribution in [0.1, 0.15) is 44.2 Å². The highest BCUT2D eigenvalue weighted by Crippen LogP contribution is 2.38. The molecule has 0 aromatic heterocycles. The van der Waals surface area contributed by atoms with E-state index in [1.807, 2.05) is 25.1 Å². The Hall–Kier alpha value is -1.35. The molecule has 0 saturated heterocycles. The van der Waals surface area contributed by atoms with Crippen LogP contribution < -0.4 is 5.32 Å². The van der Waals surface area contributed by atoms with Crippen molar-refractivity contribution in [1.29, 1.82) is 0 Å². The van der Waals surface area contributed by atoms with Gasteiger partial charge in [0.2, 0.25) is 0 Å². The van der Waals surface area contributed by atoms with Gasteiger partial charge in [-0.2, -0.15) is 0 Å². The Kier molecular flexibility index (Phi) is 4.37. The molecule has 98 valence electrons. The van der Waals surface area contributed by atoms with Crippen LogP contribution in [0.3, 0.4) is 0 Å². The summed E-state index contributed by atoms with van der Waals surface area (Å²) in [5, 5.41) is 12.5. The van der Waals surface area contributed by atoms with Gasteiger partial charge < -0.3 is 5.11 Å². The number of carbonyl (C=O) groups is 1. The van der Waals surface area contributed by atoms with E-state index in [-0.39, 0.29) is 6.04 Å². The average Bonchev–Trinajstić information content (AvgIpc) is 2.32. The Morgan fingerprint density at radius 2 is 2.06 bits per heavy atom. The Bertz CT molecular complexity index is 387. The van der Waals surface area contributed by atoms with Crippen LogP contribution in [0.5, 0.6) is 0 Å². The van der Waals surface area contributed by atoms with Crippen LogP contribution >= 0.6 is 0 Å². The van der Waals surface area contributed by atoms with Gasteiger partial charge in [-0.15, -0.1) is 0 Å². The Morgan fingerprint density at radius 1 is 1.39 bits per heavy atom. The van der Waals surface area contributed by atoms with Gasteiger partial charge in [0.05, 0.1) is 0 Å². The maximum atomic E-state index is 11.2. The van der Waals surface area contributed by atoms with Gasteiger partial charge >= 0.3 is 5.97 Å². The molecule has 1 aromatic rings. The largest absolute Gasteiger partial charge is 0.480 e. The third kappa shape index (κ3) is 2.91. The summed E-state index contributed by atoms with van der Waals surface area (Å²) in [4.78, 5) is 11.2. The van der Waals surface area contributed by atoms with Crippen molar-refractivity contribution in [3.8, 4) is 0 Å². The van der Waals surface area contributed by atoms with Crippen molar-refractivity contribution in [3.05, 3.63) is 35.9 Å². The predicted molar refractivity (Wildman–Crippen MR) is 71.4 cm³/mol. The predicted octanol–water partition coefficient (Wildman–Crippen LogP) is 2.98. The van der Waals surface area contributed by atoms with Crippen LogP contribution in [0, 0.1) is 5.92 Å². The van der Waals surface area contributed by atoms with Crippen molar-refractivity contribution in [2.45, 2.75) is 44.7 Å². The molecule has 1 aromatic carbocycles. The molecule has 2 rings (SSSR count). The Morgan fingerprint density at radius 3 is 2.50 bits per heavy atom. The molecule has 1 saturated carbocycles. The van der Waals surface area contributed by atoms with E-state index in [9.17, 15) is 9.90 Å². The van der Waals surface area contributed by atoms with Crippen LogP contribution in [0.2, 0.25) is 0 Å². The number of carboxylic acids is 1. The lowest BCUT2D eigenvalue weighted by atomic mass is 9.77. The molecule has 1 fully saturated rings. The fraction of sp³-hybridized carbons (Fsp3) is 0.533. The van der Waals surface area contributed by atoms with E-state index < -0.39 is 12.0 Å². The van der Waals surface area contributed by atoms with Gasteiger partial charge in [0, 0.05) is 6.04 Å². The molecule has 0 bridgehead atoms. The first-order chi connectivity index (χ1) is 8.72. The number of hydrogen-bond acceptors (Lipinski definition) is 2. The van der Waals surface area contributed by atoms with Crippen LogP contribution in [-0.2, 0) is 4.79 Å². The Balaban J connectivity index is 2.13. The first-order valence-corrected chi connectivity index (χ1v) is 6.76. The number of nitrogens with one attached hydrogen (secondary N) is 1. The summed E-state index contributed by atoms with van der Waals surface area (Å²) in [5.74, 6) is -0.168. The maximum Gasteiger partial charge on any atom is 0.320 e. The molecule has 0 heterocycles. The molecule has 3 heteroatoms. The average molecular weight is 247 g/mol. The minimum Gasteiger partial charge on any atom is -0.480 e. The SMILES string of the molecule is CC[C@H](N[C@@H](c1ccccc1)C1CCC1)C(=O)O. The van der Waals surface area contributed by atoms with E-state index in [0.717, 1.165) is 0 Å². The zero-order chi connectivity index (χ0) is 13.0. The molecule has 0 aliphatic heterocycles. The van der Waals surface area contributed by atoms with Crippen LogP contribution in [0.25, 0.3) is 0 Å². The van der Waals surface area contributed by atoms with E-state index in [2.05, 4.69) is 17.4 Å². The number of hydrogen-bond donors (Lipinski definition) is 2. The van der Waals surface area contributed by atoms with Crippen LogP contribution in [0.4, 0.5) is 0 Å². The third-order valence-corrected chi connectivity index (χ3v) is 3.87. The van der Waals surface area contributed by atoms with Gasteiger partial charge in [-0.25, -0.2) is 0 Å². The van der Waals surface area contributed by atoms with Crippen LogP contribution in [0.15, 0.2) is 30.3 Å². The van der Waals surface area contributed by atoms with E-state index in [0.29, 0.717) is 12.3 Å². The fourth-order valence-corrected chi connectivity index (χ4v) is 2.52. The molecule has 18 heavy (non-hydrogen) atoms. The molecule has 3 nitrogen and oxygen atoms in total. The second kappa shape index (κ2) is 6.01. The minimum atomic E-state index is -0.752. The zero-order valence-corrected chi connectivity index (χ0v) is 10.8. The second-order valence-corrected chi connectivity index (χ2v) is 5.05. The topological polar surface area (TPSA) is 49.3 Å². The van der Waals surface area contributed by atoms with Gasteiger partial charge in [0.15, 0.2) is 0 Å². The number of benzene rings is 1. The van der Waals surface area contributed by atoms with Crippen molar-refractivity contribution in [2.24, 2.45) is 5.92 Å². The lowest BCUT2D eigenvalue weighted by Gasteiger charge is -2.36. The van der Waals surface area contributed by atoms with Crippen molar-refractivity contribution in [2.75, 3.05) is 0 Å².